The van der Waals surface area contributed by atoms with Gasteiger partial charge in [0.05, 0.1) is 5.69 Å². The van der Waals surface area contributed by atoms with Gasteiger partial charge in [-0.05, 0) is 48.5 Å². The molecular formula is C18H17ClFN3. The average molecular weight is 330 g/mol. The Morgan fingerprint density at radius 2 is 1.91 bits per heavy atom. The Morgan fingerprint density at radius 3 is 2.57 bits per heavy atom. The van der Waals surface area contributed by atoms with Crippen molar-refractivity contribution < 1.29 is 4.39 Å². The van der Waals surface area contributed by atoms with E-state index in [2.05, 4.69) is 22.1 Å². The van der Waals surface area contributed by atoms with E-state index in [9.17, 15) is 4.39 Å². The summed E-state index contributed by atoms with van der Waals surface area (Å²) >= 11 is 6.08. The van der Waals surface area contributed by atoms with Gasteiger partial charge in [-0.3, -0.25) is 4.90 Å². The SMILES string of the molecule is CN(Cc1ccc(-n2cccn2)cc1)Cc1ccc(F)cc1Cl. The smallest absolute Gasteiger partial charge is 0.124 e. The summed E-state index contributed by atoms with van der Waals surface area (Å²) in [7, 11) is 2.01. The van der Waals surface area contributed by atoms with E-state index in [-0.39, 0.29) is 5.82 Å². The minimum Gasteiger partial charge on any atom is -0.298 e. The van der Waals surface area contributed by atoms with Crippen molar-refractivity contribution in [2.24, 2.45) is 0 Å². The molecule has 0 amide bonds. The molecule has 1 heterocycles. The molecule has 0 aliphatic carbocycles. The first-order chi connectivity index (χ1) is 11.1. The summed E-state index contributed by atoms with van der Waals surface area (Å²) in [4.78, 5) is 2.14. The lowest BCUT2D eigenvalue weighted by molar-refractivity contribution is 0.319. The van der Waals surface area contributed by atoms with E-state index in [1.165, 1.54) is 17.7 Å². The van der Waals surface area contributed by atoms with Gasteiger partial charge in [0.15, 0.2) is 0 Å². The highest BCUT2D eigenvalue weighted by atomic mass is 35.5. The van der Waals surface area contributed by atoms with Crippen LogP contribution in [0.2, 0.25) is 5.02 Å². The first-order valence-electron chi connectivity index (χ1n) is 7.33. The predicted octanol–water partition coefficient (Wildman–Crippen LogP) is 4.30. The standard InChI is InChI=1S/C18H17ClFN3/c1-22(13-15-5-6-16(20)11-18(15)19)12-14-3-7-17(8-4-14)23-10-2-9-21-23/h2-11H,12-13H2,1H3. The second-order valence-electron chi connectivity index (χ2n) is 5.53. The molecule has 3 nitrogen and oxygen atoms in total. The molecule has 0 aliphatic heterocycles. The van der Waals surface area contributed by atoms with Crippen molar-refractivity contribution in [1.29, 1.82) is 0 Å². The maximum Gasteiger partial charge on any atom is 0.124 e. The van der Waals surface area contributed by atoms with Gasteiger partial charge >= 0.3 is 0 Å². The lowest BCUT2D eigenvalue weighted by Crippen LogP contribution is -2.17. The summed E-state index contributed by atoms with van der Waals surface area (Å²) in [5.74, 6) is -0.310. The zero-order chi connectivity index (χ0) is 16.2. The van der Waals surface area contributed by atoms with E-state index in [1.807, 2.05) is 36.1 Å². The van der Waals surface area contributed by atoms with Crippen molar-refractivity contribution in [2.45, 2.75) is 13.1 Å². The molecule has 3 aromatic rings. The Morgan fingerprint density at radius 1 is 1.13 bits per heavy atom. The number of aromatic nitrogens is 2. The molecule has 0 spiro atoms. The van der Waals surface area contributed by atoms with Gasteiger partial charge in [0, 0.05) is 30.5 Å². The predicted molar refractivity (Wildman–Crippen MR) is 90.1 cm³/mol. The van der Waals surface area contributed by atoms with Crippen LogP contribution in [0.5, 0.6) is 0 Å². The van der Waals surface area contributed by atoms with Gasteiger partial charge in [-0.2, -0.15) is 5.10 Å². The van der Waals surface area contributed by atoms with Crippen LogP contribution in [-0.2, 0) is 13.1 Å². The quantitative estimate of drug-likeness (QED) is 0.696. The third-order valence-corrected chi connectivity index (χ3v) is 3.96. The molecule has 0 saturated heterocycles. The zero-order valence-corrected chi connectivity index (χ0v) is 13.5. The molecule has 0 fully saturated rings. The topological polar surface area (TPSA) is 21.1 Å². The maximum atomic E-state index is 13.1. The molecule has 0 saturated carbocycles. The van der Waals surface area contributed by atoms with Gasteiger partial charge in [-0.1, -0.05) is 29.8 Å². The molecule has 2 aromatic carbocycles. The fourth-order valence-corrected chi connectivity index (χ4v) is 2.71. The summed E-state index contributed by atoms with van der Waals surface area (Å²) in [6.07, 6.45) is 3.67. The Balaban J connectivity index is 1.64. The van der Waals surface area contributed by atoms with E-state index >= 15 is 0 Å². The molecule has 0 atom stereocenters. The van der Waals surface area contributed by atoms with Crippen LogP contribution in [0.4, 0.5) is 4.39 Å². The number of nitrogens with zero attached hydrogens (tertiary/aromatic N) is 3. The highest BCUT2D eigenvalue weighted by Crippen LogP contribution is 2.19. The maximum absolute atomic E-state index is 13.1. The molecule has 23 heavy (non-hydrogen) atoms. The lowest BCUT2D eigenvalue weighted by atomic mass is 10.1. The van der Waals surface area contributed by atoms with Crippen molar-refractivity contribution in [1.82, 2.24) is 14.7 Å². The number of halogens is 2. The highest BCUT2D eigenvalue weighted by Gasteiger charge is 2.07. The van der Waals surface area contributed by atoms with Crippen LogP contribution >= 0.6 is 11.6 Å². The number of benzene rings is 2. The summed E-state index contributed by atoms with van der Waals surface area (Å²) in [5, 5.41) is 4.67. The van der Waals surface area contributed by atoms with Crippen LogP contribution < -0.4 is 0 Å². The summed E-state index contributed by atoms with van der Waals surface area (Å²) in [5.41, 5.74) is 3.15. The van der Waals surface area contributed by atoms with Crippen molar-refractivity contribution in [3.05, 3.63) is 82.9 Å². The van der Waals surface area contributed by atoms with Gasteiger partial charge < -0.3 is 0 Å². The molecule has 0 bridgehead atoms. The molecule has 0 unspecified atom stereocenters. The lowest BCUT2D eigenvalue weighted by Gasteiger charge is -2.18. The normalized spacial score (nSPS) is 11.1. The number of hydrogen-bond acceptors (Lipinski definition) is 2. The minimum atomic E-state index is -0.310. The van der Waals surface area contributed by atoms with Gasteiger partial charge in [0.1, 0.15) is 5.82 Å². The molecular weight excluding hydrogens is 313 g/mol. The van der Waals surface area contributed by atoms with E-state index in [4.69, 9.17) is 11.6 Å². The Bertz CT molecular complexity index is 769. The third-order valence-electron chi connectivity index (χ3n) is 3.61. The van der Waals surface area contributed by atoms with Crippen molar-refractivity contribution >= 4 is 11.6 Å². The molecule has 0 radical (unpaired) electrons. The third kappa shape index (κ3) is 3.97. The molecule has 0 N–H and O–H groups in total. The first-order valence-corrected chi connectivity index (χ1v) is 7.71. The van der Waals surface area contributed by atoms with E-state index in [0.717, 1.165) is 17.8 Å². The van der Waals surface area contributed by atoms with Crippen LogP contribution in [-0.4, -0.2) is 21.7 Å². The summed E-state index contributed by atoms with van der Waals surface area (Å²) in [6.45, 7) is 1.45. The average Bonchev–Trinajstić information content (AvgIpc) is 3.05. The molecule has 3 rings (SSSR count). The molecule has 1 aromatic heterocycles. The Hall–Kier alpha value is -2.17. The van der Waals surface area contributed by atoms with Crippen LogP contribution in [0.15, 0.2) is 60.9 Å². The van der Waals surface area contributed by atoms with E-state index < -0.39 is 0 Å². The summed E-state index contributed by atoms with van der Waals surface area (Å²) in [6, 6.07) is 14.7. The van der Waals surface area contributed by atoms with Gasteiger partial charge in [0.2, 0.25) is 0 Å². The van der Waals surface area contributed by atoms with Crippen molar-refractivity contribution in [3.63, 3.8) is 0 Å². The van der Waals surface area contributed by atoms with Gasteiger partial charge in [-0.15, -0.1) is 0 Å². The van der Waals surface area contributed by atoms with Crippen LogP contribution in [0.25, 0.3) is 5.69 Å². The van der Waals surface area contributed by atoms with Crippen molar-refractivity contribution in [2.75, 3.05) is 7.05 Å². The first kappa shape index (κ1) is 15.7. The molecule has 5 heteroatoms. The number of hydrogen-bond donors (Lipinski definition) is 0. The van der Waals surface area contributed by atoms with Crippen LogP contribution in [0.1, 0.15) is 11.1 Å². The fraction of sp³-hybridized carbons (Fsp3) is 0.167. The monoisotopic (exact) mass is 329 g/mol. The fourth-order valence-electron chi connectivity index (χ4n) is 2.48. The minimum absolute atomic E-state index is 0.310. The van der Waals surface area contributed by atoms with E-state index in [1.54, 1.807) is 12.3 Å². The largest absolute Gasteiger partial charge is 0.298 e. The second kappa shape index (κ2) is 6.94. The van der Waals surface area contributed by atoms with E-state index in [0.29, 0.717) is 11.6 Å². The number of rotatable bonds is 5. The summed E-state index contributed by atoms with van der Waals surface area (Å²) < 4.78 is 14.9. The van der Waals surface area contributed by atoms with Gasteiger partial charge in [0.25, 0.3) is 0 Å². The van der Waals surface area contributed by atoms with Gasteiger partial charge in [-0.25, -0.2) is 9.07 Å². The highest BCUT2D eigenvalue weighted by molar-refractivity contribution is 6.31. The molecule has 118 valence electrons. The Labute approximate surface area is 139 Å². The molecule has 0 aliphatic rings. The van der Waals surface area contributed by atoms with Crippen LogP contribution in [0.3, 0.4) is 0 Å². The second-order valence-corrected chi connectivity index (χ2v) is 5.93. The van der Waals surface area contributed by atoms with Crippen molar-refractivity contribution in [3.8, 4) is 5.69 Å². The zero-order valence-electron chi connectivity index (χ0n) is 12.8. The van der Waals surface area contributed by atoms with Crippen LogP contribution in [0, 0.1) is 5.82 Å². The Kier molecular flexibility index (Phi) is 4.74.